The zero-order chi connectivity index (χ0) is 15.0. The number of nitrogens with zero attached hydrogens (tertiary/aromatic N) is 2. The third-order valence-corrected chi connectivity index (χ3v) is 4.32. The minimum atomic E-state index is -0.803. The lowest BCUT2D eigenvalue weighted by atomic mass is 10.1. The smallest absolute Gasteiger partial charge is 0.267 e. The molecule has 3 heterocycles. The average molecular weight is 308 g/mol. The fraction of sp³-hybridized carbons (Fsp3) is 0.417. The second kappa shape index (κ2) is 5.32. The highest BCUT2D eigenvalue weighted by Crippen LogP contribution is 2.20. The van der Waals surface area contributed by atoms with E-state index in [2.05, 4.69) is 15.6 Å². The standard InChI is InChI=1S/C12H12N4O4S/c17-8-2-1-7(10(19)15-8)14-9(18)6-5-13-12-16(11(6)20)3-4-21-12/h5,7H,1-4H2,(H,14,18)(H,15,17,19). The molecule has 0 radical (unpaired) electrons. The zero-order valence-corrected chi connectivity index (χ0v) is 11.7. The van der Waals surface area contributed by atoms with E-state index in [9.17, 15) is 19.2 Å². The number of fused-ring (bicyclic) bond motifs is 1. The molecule has 0 spiro atoms. The first-order chi connectivity index (χ1) is 10.1. The zero-order valence-electron chi connectivity index (χ0n) is 10.9. The van der Waals surface area contributed by atoms with E-state index in [0.29, 0.717) is 11.7 Å². The Balaban J connectivity index is 1.79. The van der Waals surface area contributed by atoms with Gasteiger partial charge in [0.15, 0.2) is 5.16 Å². The van der Waals surface area contributed by atoms with Crippen molar-refractivity contribution >= 4 is 29.5 Å². The minimum Gasteiger partial charge on any atom is -0.340 e. The number of nitrogens with one attached hydrogen (secondary N) is 2. The van der Waals surface area contributed by atoms with E-state index in [0.717, 1.165) is 5.75 Å². The number of hydrogen-bond acceptors (Lipinski definition) is 6. The first-order valence-electron chi connectivity index (χ1n) is 6.43. The predicted molar refractivity (Wildman–Crippen MR) is 72.9 cm³/mol. The van der Waals surface area contributed by atoms with Crippen LogP contribution in [0.1, 0.15) is 23.2 Å². The molecule has 21 heavy (non-hydrogen) atoms. The van der Waals surface area contributed by atoms with Crippen LogP contribution in [0.3, 0.4) is 0 Å². The molecule has 1 unspecified atom stereocenters. The fourth-order valence-corrected chi connectivity index (χ4v) is 3.15. The average Bonchev–Trinajstić information content (AvgIpc) is 2.91. The molecule has 3 rings (SSSR count). The summed E-state index contributed by atoms with van der Waals surface area (Å²) in [6.45, 7) is 0.519. The van der Waals surface area contributed by atoms with Gasteiger partial charge in [0.25, 0.3) is 11.5 Å². The number of amides is 3. The monoisotopic (exact) mass is 308 g/mol. The van der Waals surface area contributed by atoms with Crippen LogP contribution < -0.4 is 16.2 Å². The topological polar surface area (TPSA) is 110 Å². The normalized spacial score (nSPS) is 20.9. The van der Waals surface area contributed by atoms with Crippen LogP contribution in [-0.4, -0.2) is 39.1 Å². The Labute approximate surface area is 123 Å². The first kappa shape index (κ1) is 13.8. The van der Waals surface area contributed by atoms with Crippen LogP contribution in [0.4, 0.5) is 0 Å². The maximum absolute atomic E-state index is 12.2. The summed E-state index contributed by atoms with van der Waals surface area (Å²) in [5, 5.41) is 5.22. The molecule has 8 nitrogen and oxygen atoms in total. The van der Waals surface area contributed by atoms with Gasteiger partial charge in [-0.25, -0.2) is 4.98 Å². The Morgan fingerprint density at radius 2 is 2.24 bits per heavy atom. The Hall–Kier alpha value is -2.16. The van der Waals surface area contributed by atoms with Gasteiger partial charge in [-0.3, -0.25) is 29.1 Å². The lowest BCUT2D eigenvalue weighted by molar-refractivity contribution is -0.134. The van der Waals surface area contributed by atoms with Gasteiger partial charge in [0.1, 0.15) is 11.6 Å². The summed E-state index contributed by atoms with van der Waals surface area (Å²) in [6, 6.07) is -0.803. The molecule has 9 heteroatoms. The first-order valence-corrected chi connectivity index (χ1v) is 7.42. The van der Waals surface area contributed by atoms with E-state index in [1.807, 2.05) is 0 Å². The SMILES string of the molecule is O=C1CCC(NC(=O)c2cnc3n(c2=O)CCS3)C(=O)N1. The molecule has 110 valence electrons. The van der Waals surface area contributed by atoms with E-state index in [1.165, 1.54) is 22.5 Å². The number of imide groups is 1. The van der Waals surface area contributed by atoms with Crippen molar-refractivity contribution in [3.8, 4) is 0 Å². The largest absolute Gasteiger partial charge is 0.340 e. The van der Waals surface area contributed by atoms with E-state index in [-0.39, 0.29) is 24.3 Å². The fourth-order valence-electron chi connectivity index (χ4n) is 2.24. The number of carbonyl (C=O) groups excluding carboxylic acids is 3. The summed E-state index contributed by atoms with van der Waals surface area (Å²) in [5.74, 6) is -0.805. The molecule has 2 aliphatic rings. The molecule has 2 aliphatic heterocycles. The molecule has 1 fully saturated rings. The third-order valence-electron chi connectivity index (χ3n) is 3.35. The van der Waals surface area contributed by atoms with Gasteiger partial charge < -0.3 is 5.32 Å². The molecule has 0 bridgehead atoms. The Morgan fingerprint density at radius 3 is 3.00 bits per heavy atom. The minimum absolute atomic E-state index is 0.0917. The number of hydrogen-bond donors (Lipinski definition) is 2. The lowest BCUT2D eigenvalue weighted by Crippen LogP contribution is -2.53. The molecule has 0 aliphatic carbocycles. The summed E-state index contributed by atoms with van der Waals surface area (Å²) in [4.78, 5) is 51.0. The van der Waals surface area contributed by atoms with Gasteiger partial charge in [-0.2, -0.15) is 0 Å². The molecule has 3 amide bonds. The van der Waals surface area contributed by atoms with Crippen molar-refractivity contribution in [3.63, 3.8) is 0 Å². The van der Waals surface area contributed by atoms with Crippen molar-refractivity contribution in [3.05, 3.63) is 22.1 Å². The van der Waals surface area contributed by atoms with Crippen LogP contribution in [-0.2, 0) is 16.1 Å². The van der Waals surface area contributed by atoms with Crippen LogP contribution in [0.2, 0.25) is 0 Å². The highest BCUT2D eigenvalue weighted by Gasteiger charge is 2.29. The quantitative estimate of drug-likeness (QED) is 0.529. The second-order valence-corrected chi connectivity index (χ2v) is 5.80. The number of thioether (sulfide) groups is 1. The maximum atomic E-state index is 12.2. The molecular weight excluding hydrogens is 296 g/mol. The number of carbonyl (C=O) groups is 3. The molecule has 2 N–H and O–H groups in total. The van der Waals surface area contributed by atoms with Crippen LogP contribution >= 0.6 is 11.8 Å². The van der Waals surface area contributed by atoms with Crippen LogP contribution in [0.5, 0.6) is 0 Å². The van der Waals surface area contributed by atoms with Gasteiger partial charge in [-0.1, -0.05) is 11.8 Å². The van der Waals surface area contributed by atoms with Gasteiger partial charge in [-0.05, 0) is 6.42 Å². The van der Waals surface area contributed by atoms with Crippen molar-refractivity contribution in [2.75, 3.05) is 5.75 Å². The maximum Gasteiger partial charge on any atom is 0.267 e. The Bertz CT molecular complexity index is 699. The van der Waals surface area contributed by atoms with Gasteiger partial charge in [0.2, 0.25) is 11.8 Å². The Morgan fingerprint density at radius 1 is 1.43 bits per heavy atom. The molecule has 1 saturated heterocycles. The molecule has 0 saturated carbocycles. The summed E-state index contributed by atoms with van der Waals surface area (Å²) >= 11 is 1.46. The van der Waals surface area contributed by atoms with Crippen molar-refractivity contribution < 1.29 is 14.4 Å². The lowest BCUT2D eigenvalue weighted by Gasteiger charge is -2.21. The predicted octanol–water partition coefficient (Wildman–Crippen LogP) is -1.12. The van der Waals surface area contributed by atoms with Crippen molar-refractivity contribution in [1.82, 2.24) is 20.2 Å². The van der Waals surface area contributed by atoms with Gasteiger partial charge >= 0.3 is 0 Å². The van der Waals surface area contributed by atoms with E-state index < -0.39 is 23.4 Å². The number of aromatic nitrogens is 2. The van der Waals surface area contributed by atoms with Crippen molar-refractivity contribution in [2.24, 2.45) is 0 Å². The number of rotatable bonds is 2. The van der Waals surface area contributed by atoms with Crippen molar-refractivity contribution in [1.29, 1.82) is 0 Å². The summed E-state index contributed by atoms with van der Waals surface area (Å²) in [7, 11) is 0. The van der Waals surface area contributed by atoms with Crippen LogP contribution in [0.25, 0.3) is 0 Å². The molecule has 1 aromatic heterocycles. The highest BCUT2D eigenvalue weighted by molar-refractivity contribution is 7.99. The number of piperidine rings is 1. The summed E-state index contributed by atoms with van der Waals surface area (Å²) < 4.78 is 1.45. The van der Waals surface area contributed by atoms with E-state index >= 15 is 0 Å². The summed E-state index contributed by atoms with van der Waals surface area (Å²) in [5.41, 5.74) is -0.499. The van der Waals surface area contributed by atoms with Crippen LogP contribution in [0, 0.1) is 0 Å². The van der Waals surface area contributed by atoms with Gasteiger partial charge in [0, 0.05) is 24.9 Å². The van der Waals surface area contributed by atoms with E-state index in [4.69, 9.17) is 0 Å². The van der Waals surface area contributed by atoms with Crippen LogP contribution in [0.15, 0.2) is 16.1 Å². The molecular formula is C12H12N4O4S. The Kier molecular flexibility index (Phi) is 3.50. The third kappa shape index (κ3) is 2.56. The van der Waals surface area contributed by atoms with E-state index in [1.54, 1.807) is 0 Å². The van der Waals surface area contributed by atoms with Crippen molar-refractivity contribution in [2.45, 2.75) is 30.6 Å². The molecule has 1 atom stereocenters. The molecule has 1 aromatic rings. The molecule has 0 aromatic carbocycles. The van der Waals surface area contributed by atoms with Gasteiger partial charge in [0.05, 0.1) is 0 Å². The summed E-state index contributed by atoms with van der Waals surface area (Å²) in [6.07, 6.45) is 1.62. The second-order valence-electron chi connectivity index (χ2n) is 4.74. The van der Waals surface area contributed by atoms with Gasteiger partial charge in [-0.15, -0.1) is 0 Å². The highest BCUT2D eigenvalue weighted by atomic mass is 32.2.